The maximum absolute atomic E-state index is 5.54. The van der Waals surface area contributed by atoms with Crippen molar-refractivity contribution in [3.63, 3.8) is 0 Å². The first-order chi connectivity index (χ1) is 6.47. The van der Waals surface area contributed by atoms with Crippen LogP contribution in [-0.4, -0.2) is 17.6 Å². The number of hydrogen-bond donors (Lipinski definition) is 1. The van der Waals surface area contributed by atoms with Gasteiger partial charge in [0, 0.05) is 12.6 Å². The van der Waals surface area contributed by atoms with Crippen LogP contribution in [-0.2, 0) is 0 Å². The van der Waals surface area contributed by atoms with Gasteiger partial charge < -0.3 is 10.6 Å². The maximum atomic E-state index is 5.54. The Morgan fingerprint density at radius 1 is 1.43 bits per heavy atom. The van der Waals surface area contributed by atoms with Gasteiger partial charge in [0.05, 0.1) is 11.9 Å². The molecule has 0 spiro atoms. The number of pyridine rings is 1. The number of hydrogen-bond acceptors (Lipinski definition) is 3. The van der Waals surface area contributed by atoms with E-state index in [0.29, 0.717) is 5.82 Å². The molecule has 0 aliphatic heterocycles. The molecule has 1 rings (SSSR count). The molecular weight excluding hydrogens is 174 g/mol. The normalized spacial score (nSPS) is 11.4. The van der Waals surface area contributed by atoms with Gasteiger partial charge in [0.15, 0.2) is 0 Å². The Balaban J connectivity index is 2.89. The van der Waals surface area contributed by atoms with Gasteiger partial charge in [0.1, 0.15) is 5.82 Å². The number of aromatic nitrogens is 1. The van der Waals surface area contributed by atoms with E-state index >= 15 is 0 Å². The van der Waals surface area contributed by atoms with Crippen LogP contribution in [0.15, 0.2) is 18.3 Å². The van der Waals surface area contributed by atoms with Crippen molar-refractivity contribution in [3.05, 3.63) is 18.3 Å². The van der Waals surface area contributed by atoms with Gasteiger partial charge in [-0.1, -0.05) is 6.92 Å². The molecule has 1 aromatic heterocycles. The molecule has 0 aliphatic carbocycles. The van der Waals surface area contributed by atoms with E-state index < -0.39 is 0 Å². The molecule has 0 saturated carbocycles. The van der Waals surface area contributed by atoms with Crippen molar-refractivity contribution in [2.24, 2.45) is 0 Å². The topological polar surface area (TPSA) is 42.1 Å². The van der Waals surface area contributed by atoms with Crippen LogP contribution < -0.4 is 10.6 Å². The number of nitrogens with two attached hydrogens (primary N) is 1. The molecule has 0 saturated heterocycles. The van der Waals surface area contributed by atoms with Gasteiger partial charge in [-0.3, -0.25) is 0 Å². The second-order valence-corrected chi connectivity index (χ2v) is 4.17. The Morgan fingerprint density at radius 2 is 2.07 bits per heavy atom. The van der Waals surface area contributed by atoms with Crippen LogP contribution in [0.5, 0.6) is 0 Å². The van der Waals surface area contributed by atoms with Crippen LogP contribution in [0.3, 0.4) is 0 Å². The zero-order valence-corrected chi connectivity index (χ0v) is 9.41. The summed E-state index contributed by atoms with van der Waals surface area (Å²) in [5.74, 6) is 0.566. The fourth-order valence-corrected chi connectivity index (χ4v) is 1.18. The highest BCUT2D eigenvalue weighted by molar-refractivity contribution is 5.49. The predicted molar refractivity (Wildman–Crippen MR) is 61.4 cm³/mol. The van der Waals surface area contributed by atoms with E-state index in [4.69, 9.17) is 5.73 Å². The van der Waals surface area contributed by atoms with Crippen molar-refractivity contribution in [2.45, 2.75) is 32.7 Å². The minimum atomic E-state index is 0.151. The molecule has 14 heavy (non-hydrogen) atoms. The van der Waals surface area contributed by atoms with Crippen LogP contribution in [0.4, 0.5) is 11.5 Å². The van der Waals surface area contributed by atoms with Gasteiger partial charge in [-0.05, 0) is 32.4 Å². The summed E-state index contributed by atoms with van der Waals surface area (Å²) in [6, 6.07) is 3.83. The SMILES string of the molecule is CCC(C)(C)N(C)c1ccc(N)nc1. The molecule has 2 N–H and O–H groups in total. The first kappa shape index (κ1) is 10.8. The molecule has 0 radical (unpaired) electrons. The summed E-state index contributed by atoms with van der Waals surface area (Å²) in [5, 5.41) is 0. The van der Waals surface area contributed by atoms with E-state index in [0.717, 1.165) is 12.1 Å². The largest absolute Gasteiger partial charge is 0.384 e. The van der Waals surface area contributed by atoms with E-state index in [1.165, 1.54) is 0 Å². The van der Waals surface area contributed by atoms with Gasteiger partial charge in [0.2, 0.25) is 0 Å². The number of nitrogens with zero attached hydrogens (tertiary/aromatic N) is 2. The maximum Gasteiger partial charge on any atom is 0.123 e. The van der Waals surface area contributed by atoms with Crippen LogP contribution in [0.25, 0.3) is 0 Å². The van der Waals surface area contributed by atoms with Crippen molar-refractivity contribution >= 4 is 11.5 Å². The lowest BCUT2D eigenvalue weighted by molar-refractivity contribution is 0.470. The third-order valence-corrected chi connectivity index (χ3v) is 2.93. The van der Waals surface area contributed by atoms with E-state index in [1.54, 1.807) is 0 Å². The van der Waals surface area contributed by atoms with Crippen molar-refractivity contribution in [2.75, 3.05) is 17.7 Å². The lowest BCUT2D eigenvalue weighted by Gasteiger charge is -2.36. The van der Waals surface area contributed by atoms with Gasteiger partial charge >= 0.3 is 0 Å². The predicted octanol–water partition coefficient (Wildman–Crippen LogP) is 2.29. The van der Waals surface area contributed by atoms with Gasteiger partial charge in [0.25, 0.3) is 0 Å². The molecule has 0 aromatic carbocycles. The fraction of sp³-hybridized carbons (Fsp3) is 0.545. The molecule has 0 fully saturated rings. The summed E-state index contributed by atoms with van der Waals surface area (Å²) in [7, 11) is 2.08. The Labute approximate surface area is 85.9 Å². The summed E-state index contributed by atoms with van der Waals surface area (Å²) in [6.07, 6.45) is 2.90. The molecule has 78 valence electrons. The summed E-state index contributed by atoms with van der Waals surface area (Å²) in [5.41, 5.74) is 6.79. The molecule has 0 atom stereocenters. The van der Waals surface area contributed by atoms with Gasteiger partial charge in [-0.2, -0.15) is 0 Å². The number of anilines is 2. The molecule has 1 aromatic rings. The summed E-state index contributed by atoms with van der Waals surface area (Å²) in [6.45, 7) is 6.61. The summed E-state index contributed by atoms with van der Waals surface area (Å²) < 4.78 is 0. The van der Waals surface area contributed by atoms with Gasteiger partial charge in [-0.15, -0.1) is 0 Å². The summed E-state index contributed by atoms with van der Waals surface area (Å²) >= 11 is 0. The van der Waals surface area contributed by atoms with E-state index in [1.807, 2.05) is 18.3 Å². The molecule has 0 bridgehead atoms. The Kier molecular flexibility index (Phi) is 2.99. The summed E-state index contributed by atoms with van der Waals surface area (Å²) in [4.78, 5) is 6.31. The molecule has 0 aliphatic rings. The monoisotopic (exact) mass is 193 g/mol. The standard InChI is InChI=1S/C11H19N3/c1-5-11(2,3)14(4)9-6-7-10(12)13-8-9/h6-8H,5H2,1-4H3,(H2,12,13). The molecule has 0 unspecified atom stereocenters. The highest BCUT2D eigenvalue weighted by Crippen LogP contribution is 2.24. The first-order valence-electron chi connectivity index (χ1n) is 4.92. The highest BCUT2D eigenvalue weighted by atomic mass is 15.2. The lowest BCUT2D eigenvalue weighted by atomic mass is 9.99. The van der Waals surface area contributed by atoms with E-state index in [-0.39, 0.29) is 5.54 Å². The van der Waals surface area contributed by atoms with E-state index in [2.05, 4.69) is 37.7 Å². The Hall–Kier alpha value is -1.25. The lowest BCUT2D eigenvalue weighted by Crippen LogP contribution is -2.40. The third-order valence-electron chi connectivity index (χ3n) is 2.93. The van der Waals surface area contributed by atoms with Crippen molar-refractivity contribution in [1.82, 2.24) is 4.98 Å². The smallest absolute Gasteiger partial charge is 0.123 e. The minimum absolute atomic E-state index is 0.151. The second-order valence-electron chi connectivity index (χ2n) is 4.17. The average molecular weight is 193 g/mol. The third kappa shape index (κ3) is 2.16. The van der Waals surface area contributed by atoms with Crippen molar-refractivity contribution in [1.29, 1.82) is 0 Å². The van der Waals surface area contributed by atoms with Crippen molar-refractivity contribution < 1.29 is 0 Å². The fourth-order valence-electron chi connectivity index (χ4n) is 1.18. The zero-order valence-electron chi connectivity index (χ0n) is 9.41. The Bertz CT molecular complexity index is 290. The molecular formula is C11H19N3. The van der Waals surface area contributed by atoms with Crippen LogP contribution in [0, 0.1) is 0 Å². The number of rotatable bonds is 3. The van der Waals surface area contributed by atoms with Crippen molar-refractivity contribution in [3.8, 4) is 0 Å². The molecule has 0 amide bonds. The highest BCUT2D eigenvalue weighted by Gasteiger charge is 2.21. The zero-order chi connectivity index (χ0) is 10.8. The molecule has 1 heterocycles. The van der Waals surface area contributed by atoms with Crippen LogP contribution >= 0.6 is 0 Å². The van der Waals surface area contributed by atoms with E-state index in [9.17, 15) is 0 Å². The Morgan fingerprint density at radius 3 is 2.50 bits per heavy atom. The molecule has 3 nitrogen and oxygen atoms in total. The minimum Gasteiger partial charge on any atom is -0.384 e. The molecule has 3 heteroatoms. The quantitative estimate of drug-likeness (QED) is 0.800. The van der Waals surface area contributed by atoms with Crippen LogP contribution in [0.2, 0.25) is 0 Å². The second kappa shape index (κ2) is 3.86. The average Bonchev–Trinajstić information content (AvgIpc) is 2.18. The van der Waals surface area contributed by atoms with Gasteiger partial charge in [-0.25, -0.2) is 4.98 Å². The first-order valence-corrected chi connectivity index (χ1v) is 4.92. The van der Waals surface area contributed by atoms with Crippen LogP contribution in [0.1, 0.15) is 27.2 Å². The number of nitrogen functional groups attached to an aromatic ring is 1.